The molecule has 1 saturated carbocycles. The molecule has 0 bridgehead atoms. The summed E-state index contributed by atoms with van der Waals surface area (Å²) in [7, 11) is 0. The molecule has 240 valence electrons. The van der Waals surface area contributed by atoms with E-state index in [-0.39, 0.29) is 37.0 Å². The number of aliphatic carboxylic acids is 1. The van der Waals surface area contributed by atoms with E-state index in [0.29, 0.717) is 25.2 Å². The second-order valence-electron chi connectivity index (χ2n) is 13.6. The highest BCUT2D eigenvalue weighted by molar-refractivity contribution is 5.96. The predicted octanol–water partition coefficient (Wildman–Crippen LogP) is 0.484. The molecular formula is C29H48N8O6. The first kappa shape index (κ1) is 31.6. The van der Waals surface area contributed by atoms with Gasteiger partial charge in [-0.3, -0.25) is 9.59 Å². The van der Waals surface area contributed by atoms with Crippen molar-refractivity contribution in [2.24, 2.45) is 11.8 Å². The molecule has 14 nitrogen and oxygen atoms in total. The van der Waals surface area contributed by atoms with Crippen LogP contribution in [0, 0.1) is 11.8 Å². The van der Waals surface area contributed by atoms with E-state index in [9.17, 15) is 24.3 Å². The number of fused-ring (bicyclic) bond motifs is 2. The normalized spacial score (nSPS) is 36.9. The van der Waals surface area contributed by atoms with Crippen molar-refractivity contribution in [1.82, 2.24) is 42.4 Å². The lowest BCUT2D eigenvalue weighted by atomic mass is 9.97. The number of carbonyl (C=O) groups is 4. The number of hydrazine groups is 3. The Labute approximate surface area is 253 Å². The van der Waals surface area contributed by atoms with Crippen molar-refractivity contribution in [2.45, 2.75) is 114 Å². The van der Waals surface area contributed by atoms with Gasteiger partial charge in [-0.1, -0.05) is 25.0 Å². The number of rotatable bonds is 4. The fourth-order valence-corrected chi connectivity index (χ4v) is 6.65. The third-order valence-electron chi connectivity index (χ3n) is 9.12. The summed E-state index contributed by atoms with van der Waals surface area (Å²) < 4.78 is 5.46. The first-order chi connectivity index (χ1) is 20.5. The highest BCUT2D eigenvalue weighted by Crippen LogP contribution is 2.45. The molecule has 0 aromatic heterocycles. The van der Waals surface area contributed by atoms with Gasteiger partial charge in [0.05, 0.1) is 12.2 Å². The van der Waals surface area contributed by atoms with Crippen LogP contribution in [-0.2, 0) is 19.1 Å². The first-order valence-corrected chi connectivity index (χ1v) is 15.8. The van der Waals surface area contributed by atoms with E-state index < -0.39 is 41.2 Å². The smallest absolute Gasteiger partial charge is 0.408 e. The molecule has 0 aromatic carbocycles. The Morgan fingerprint density at radius 3 is 2.67 bits per heavy atom. The van der Waals surface area contributed by atoms with Crippen molar-refractivity contribution >= 4 is 23.9 Å². The Morgan fingerprint density at radius 1 is 1.14 bits per heavy atom. The van der Waals surface area contributed by atoms with Crippen LogP contribution in [0.3, 0.4) is 0 Å². The van der Waals surface area contributed by atoms with Crippen molar-refractivity contribution < 1.29 is 29.0 Å². The molecule has 0 spiro atoms. The second-order valence-corrected chi connectivity index (χ2v) is 13.6. The van der Waals surface area contributed by atoms with Crippen LogP contribution in [0.2, 0.25) is 0 Å². The van der Waals surface area contributed by atoms with Crippen LogP contribution in [0.1, 0.15) is 78.6 Å². The maximum Gasteiger partial charge on any atom is 0.408 e. The summed E-state index contributed by atoms with van der Waals surface area (Å²) in [5.41, 5.74) is 7.82. The number of piperidine rings is 1. The van der Waals surface area contributed by atoms with E-state index in [4.69, 9.17) is 4.74 Å². The van der Waals surface area contributed by atoms with Gasteiger partial charge in [-0.2, -0.15) is 10.7 Å². The van der Waals surface area contributed by atoms with Crippen molar-refractivity contribution in [3.63, 3.8) is 0 Å². The number of ether oxygens (including phenoxy) is 1. The first-order valence-electron chi connectivity index (χ1n) is 15.8. The standard InChI is InChI=1S/C29H48N8O6/c1-28(2,3)43-27(42)31-21-12-8-6-4-5-7-11-19-15-29(19,26(40)41)32-24(38)22-14-20(17-36(22)25(21)39)37-34-23(33-35-37)18-10-9-13-30-16-18/h7,11,18-23,30,33-35H,4-6,8-10,12-17H2,1-3H3,(H,31,42)(H,32,38)(H,40,41)/b11-7-/t18?,19-,20-,21+,22+,23?,29-/m1/s1. The second kappa shape index (κ2) is 13.1. The largest absolute Gasteiger partial charge is 0.479 e. The monoisotopic (exact) mass is 604 g/mol. The van der Waals surface area contributed by atoms with Crippen LogP contribution in [0.15, 0.2) is 12.2 Å². The average molecular weight is 605 g/mol. The maximum absolute atomic E-state index is 14.2. The van der Waals surface area contributed by atoms with Crippen molar-refractivity contribution in [2.75, 3.05) is 19.6 Å². The quantitative estimate of drug-likeness (QED) is 0.222. The topological polar surface area (TPSA) is 176 Å². The number of nitrogens with one attached hydrogen (secondary N) is 6. The lowest BCUT2D eigenvalue weighted by Crippen LogP contribution is -2.56. The summed E-state index contributed by atoms with van der Waals surface area (Å²) in [6.07, 6.45) is 9.50. The third kappa shape index (κ3) is 7.48. The molecule has 1 aliphatic carbocycles. The molecule has 3 saturated heterocycles. The Morgan fingerprint density at radius 2 is 1.95 bits per heavy atom. The molecule has 3 amide bonds. The van der Waals surface area contributed by atoms with E-state index in [1.165, 1.54) is 4.90 Å². The summed E-state index contributed by atoms with van der Waals surface area (Å²) in [5.74, 6) is -1.88. The Hall–Kier alpha value is -2.78. The number of alkyl carbamates (subject to hydrolysis) is 1. The number of allylic oxidation sites excluding steroid dienone is 1. The minimum Gasteiger partial charge on any atom is -0.479 e. The minimum atomic E-state index is -1.38. The molecule has 4 heterocycles. The van der Waals surface area contributed by atoms with Crippen LogP contribution in [0.4, 0.5) is 4.79 Å². The number of nitrogens with zero attached hydrogens (tertiary/aromatic N) is 2. The zero-order chi connectivity index (χ0) is 30.8. The number of hydrogen-bond acceptors (Lipinski definition) is 10. The summed E-state index contributed by atoms with van der Waals surface area (Å²) in [6, 6.07) is -2.08. The number of amides is 3. The van der Waals surface area contributed by atoms with E-state index in [1.54, 1.807) is 20.8 Å². The third-order valence-corrected chi connectivity index (χ3v) is 9.12. The maximum atomic E-state index is 14.2. The lowest BCUT2D eigenvalue weighted by molar-refractivity contribution is -0.145. The van der Waals surface area contributed by atoms with Gasteiger partial charge in [0.2, 0.25) is 11.8 Å². The van der Waals surface area contributed by atoms with Gasteiger partial charge in [-0.05, 0) is 72.3 Å². The molecule has 14 heteroatoms. The van der Waals surface area contributed by atoms with Crippen LogP contribution in [0.5, 0.6) is 0 Å². The van der Waals surface area contributed by atoms with Crippen molar-refractivity contribution in [3.8, 4) is 0 Å². The molecule has 5 aliphatic rings. The van der Waals surface area contributed by atoms with Gasteiger partial charge in [0.1, 0.15) is 23.2 Å². The average Bonchev–Trinajstić information content (AvgIpc) is 3.28. The van der Waals surface area contributed by atoms with Gasteiger partial charge in [-0.25, -0.2) is 20.4 Å². The molecule has 43 heavy (non-hydrogen) atoms. The minimum absolute atomic E-state index is 0.0220. The van der Waals surface area contributed by atoms with Gasteiger partial charge >= 0.3 is 12.1 Å². The fraction of sp³-hybridized carbons (Fsp3) is 0.793. The van der Waals surface area contributed by atoms with E-state index in [0.717, 1.165) is 45.2 Å². The molecule has 5 rings (SSSR count). The van der Waals surface area contributed by atoms with Crippen LogP contribution < -0.4 is 32.3 Å². The molecular weight excluding hydrogens is 556 g/mol. The van der Waals surface area contributed by atoms with Gasteiger partial charge in [0.25, 0.3) is 0 Å². The molecule has 7 N–H and O–H groups in total. The molecule has 2 unspecified atom stereocenters. The molecule has 4 fully saturated rings. The van der Waals surface area contributed by atoms with Gasteiger partial charge in [0, 0.05) is 24.9 Å². The molecule has 4 aliphatic heterocycles. The zero-order valence-electron chi connectivity index (χ0n) is 25.5. The van der Waals surface area contributed by atoms with Crippen LogP contribution in [0.25, 0.3) is 0 Å². The number of carbonyl (C=O) groups excluding carboxylic acids is 3. The van der Waals surface area contributed by atoms with E-state index in [2.05, 4.69) is 32.3 Å². The number of carboxylic acid groups (broad SMARTS) is 1. The van der Waals surface area contributed by atoms with Crippen LogP contribution >= 0.6 is 0 Å². The summed E-state index contributed by atoms with van der Waals surface area (Å²) in [4.78, 5) is 54.6. The number of carboxylic acids is 1. The SMILES string of the molecule is CC(C)(C)OC(=O)N[C@H]1CCCCC/C=C\[C@@H]2C[C@@]2(C(=O)O)NC(=O)[C@@H]2C[C@@H](N3NNC(C4CCCNC4)N3)CN2C1=O. The van der Waals surface area contributed by atoms with Gasteiger partial charge in [-0.15, -0.1) is 0 Å². The summed E-state index contributed by atoms with van der Waals surface area (Å²) in [5, 5.41) is 20.9. The molecule has 0 radical (unpaired) electrons. The Balaban J connectivity index is 1.37. The van der Waals surface area contributed by atoms with Crippen molar-refractivity contribution in [3.05, 3.63) is 12.2 Å². The molecule has 0 aromatic rings. The highest BCUT2D eigenvalue weighted by Gasteiger charge is 2.61. The predicted molar refractivity (Wildman–Crippen MR) is 157 cm³/mol. The zero-order valence-corrected chi connectivity index (χ0v) is 25.5. The van der Waals surface area contributed by atoms with Crippen molar-refractivity contribution in [1.29, 1.82) is 0 Å². The van der Waals surface area contributed by atoms with E-state index >= 15 is 0 Å². The van der Waals surface area contributed by atoms with Gasteiger partial charge in [0.15, 0.2) is 0 Å². The summed E-state index contributed by atoms with van der Waals surface area (Å²) in [6.45, 7) is 7.37. The fourth-order valence-electron chi connectivity index (χ4n) is 6.65. The number of hydrogen-bond donors (Lipinski definition) is 7. The Bertz CT molecular complexity index is 1090. The molecule has 7 atom stereocenters. The van der Waals surface area contributed by atoms with Crippen LogP contribution in [-0.4, -0.2) is 94.1 Å². The Kier molecular flexibility index (Phi) is 9.61. The van der Waals surface area contributed by atoms with E-state index in [1.807, 2.05) is 17.3 Å². The highest BCUT2D eigenvalue weighted by atomic mass is 16.6. The summed E-state index contributed by atoms with van der Waals surface area (Å²) >= 11 is 0. The van der Waals surface area contributed by atoms with Gasteiger partial charge < -0.3 is 30.7 Å². The lowest BCUT2D eigenvalue weighted by Gasteiger charge is -2.30.